The van der Waals surface area contributed by atoms with Crippen molar-refractivity contribution in [3.8, 4) is 11.5 Å². The molecule has 1 aromatic carbocycles. The number of benzene rings is 1. The molecule has 2 rings (SSSR count). The summed E-state index contributed by atoms with van der Waals surface area (Å²) in [6.45, 7) is 0. The first kappa shape index (κ1) is 14.7. The third kappa shape index (κ3) is 3.05. The van der Waals surface area contributed by atoms with E-state index in [9.17, 15) is 0 Å². The molecule has 0 bridgehead atoms. The second kappa shape index (κ2) is 6.13. The Kier molecular flexibility index (Phi) is 4.73. The number of hydrogen-bond donors (Lipinski definition) is 1. The molecule has 102 valence electrons. The Bertz CT molecular complexity index is 588. The van der Waals surface area contributed by atoms with Gasteiger partial charge >= 0.3 is 0 Å². The summed E-state index contributed by atoms with van der Waals surface area (Å²) in [6, 6.07) is 7.20. The van der Waals surface area contributed by atoms with Crippen LogP contribution >= 0.6 is 38.9 Å². The van der Waals surface area contributed by atoms with Crippen molar-refractivity contribution in [3.63, 3.8) is 0 Å². The predicted octanol–water partition coefficient (Wildman–Crippen LogP) is 4.23. The Morgan fingerprint density at radius 3 is 2.37 bits per heavy atom. The topological polar surface area (TPSA) is 44.5 Å². The van der Waals surface area contributed by atoms with Crippen LogP contribution < -0.4 is 15.2 Å². The Labute approximate surface area is 129 Å². The van der Waals surface area contributed by atoms with Gasteiger partial charge in [-0.1, -0.05) is 11.6 Å². The van der Waals surface area contributed by atoms with E-state index in [0.29, 0.717) is 16.5 Å². The van der Waals surface area contributed by atoms with Gasteiger partial charge in [0.2, 0.25) is 0 Å². The SMILES string of the molecule is COc1cc(Cl)c(C(N)c2ccc(Br)s2)cc1OC. The summed E-state index contributed by atoms with van der Waals surface area (Å²) in [7, 11) is 3.16. The highest BCUT2D eigenvalue weighted by Gasteiger charge is 2.18. The Morgan fingerprint density at radius 1 is 1.21 bits per heavy atom. The Hall–Kier alpha value is -0.750. The molecule has 0 aliphatic carbocycles. The predicted molar refractivity (Wildman–Crippen MR) is 82.6 cm³/mol. The largest absolute Gasteiger partial charge is 0.493 e. The molecular formula is C13H13BrClNO2S. The molecule has 1 heterocycles. The third-order valence-corrected chi connectivity index (χ3v) is 4.77. The van der Waals surface area contributed by atoms with Gasteiger partial charge in [0.15, 0.2) is 11.5 Å². The van der Waals surface area contributed by atoms with Gasteiger partial charge in [-0.05, 0) is 39.7 Å². The summed E-state index contributed by atoms with van der Waals surface area (Å²) in [5.41, 5.74) is 7.07. The molecule has 2 aromatic rings. The van der Waals surface area contributed by atoms with E-state index in [4.69, 9.17) is 26.8 Å². The molecule has 0 saturated heterocycles. The van der Waals surface area contributed by atoms with Gasteiger partial charge in [0.1, 0.15) is 0 Å². The summed E-state index contributed by atoms with van der Waals surface area (Å²) in [5.74, 6) is 1.21. The zero-order valence-electron chi connectivity index (χ0n) is 10.4. The smallest absolute Gasteiger partial charge is 0.162 e. The number of thiophene rings is 1. The van der Waals surface area contributed by atoms with Crippen molar-refractivity contribution in [1.29, 1.82) is 0 Å². The molecule has 0 spiro atoms. The van der Waals surface area contributed by atoms with Crippen molar-refractivity contribution >= 4 is 38.9 Å². The minimum absolute atomic E-state index is 0.288. The minimum atomic E-state index is -0.288. The number of methoxy groups -OCH3 is 2. The lowest BCUT2D eigenvalue weighted by Gasteiger charge is -2.15. The van der Waals surface area contributed by atoms with Crippen LogP contribution in [0, 0.1) is 0 Å². The van der Waals surface area contributed by atoms with E-state index in [2.05, 4.69) is 15.9 Å². The molecule has 0 aliphatic rings. The number of ether oxygens (including phenoxy) is 2. The van der Waals surface area contributed by atoms with Gasteiger partial charge in [0.25, 0.3) is 0 Å². The van der Waals surface area contributed by atoms with Gasteiger partial charge in [-0.15, -0.1) is 11.3 Å². The van der Waals surface area contributed by atoms with Crippen LogP contribution in [0.5, 0.6) is 11.5 Å². The molecule has 19 heavy (non-hydrogen) atoms. The number of rotatable bonds is 4. The van der Waals surface area contributed by atoms with E-state index in [1.807, 2.05) is 18.2 Å². The average molecular weight is 363 g/mol. The molecule has 1 aromatic heterocycles. The van der Waals surface area contributed by atoms with Gasteiger partial charge in [-0.2, -0.15) is 0 Å². The molecule has 1 atom stereocenters. The maximum Gasteiger partial charge on any atom is 0.162 e. The monoisotopic (exact) mass is 361 g/mol. The van der Waals surface area contributed by atoms with E-state index < -0.39 is 0 Å². The van der Waals surface area contributed by atoms with E-state index in [-0.39, 0.29) is 6.04 Å². The van der Waals surface area contributed by atoms with Crippen molar-refractivity contribution in [2.24, 2.45) is 5.73 Å². The lowest BCUT2D eigenvalue weighted by atomic mass is 10.1. The first-order valence-electron chi connectivity index (χ1n) is 5.49. The third-order valence-electron chi connectivity index (χ3n) is 2.74. The fourth-order valence-corrected chi connectivity index (χ4v) is 3.47. The molecular weight excluding hydrogens is 350 g/mol. The quantitative estimate of drug-likeness (QED) is 0.885. The molecule has 0 saturated carbocycles. The molecule has 0 amide bonds. The van der Waals surface area contributed by atoms with E-state index >= 15 is 0 Å². The summed E-state index contributed by atoms with van der Waals surface area (Å²) >= 11 is 11.3. The van der Waals surface area contributed by atoms with Crippen LogP contribution in [-0.4, -0.2) is 14.2 Å². The number of nitrogens with two attached hydrogens (primary N) is 1. The van der Waals surface area contributed by atoms with Crippen LogP contribution in [0.3, 0.4) is 0 Å². The Balaban J connectivity index is 2.44. The first-order valence-corrected chi connectivity index (χ1v) is 7.47. The van der Waals surface area contributed by atoms with Crippen LogP contribution in [0.1, 0.15) is 16.5 Å². The standard InChI is InChI=1S/C13H13BrClNO2S/c1-17-9-5-7(8(15)6-10(9)18-2)13(16)11-3-4-12(14)19-11/h3-6,13H,16H2,1-2H3. The van der Waals surface area contributed by atoms with Crippen molar-refractivity contribution in [3.05, 3.63) is 43.5 Å². The van der Waals surface area contributed by atoms with E-state index in [0.717, 1.165) is 14.2 Å². The second-order valence-corrected chi connectivity index (χ2v) is 6.75. The van der Waals surface area contributed by atoms with Gasteiger partial charge in [-0.25, -0.2) is 0 Å². The summed E-state index contributed by atoms with van der Waals surface area (Å²) in [6.07, 6.45) is 0. The highest BCUT2D eigenvalue weighted by Crippen LogP contribution is 2.38. The van der Waals surface area contributed by atoms with Gasteiger partial charge in [-0.3, -0.25) is 0 Å². The van der Waals surface area contributed by atoms with Gasteiger partial charge in [0.05, 0.1) is 24.0 Å². The van der Waals surface area contributed by atoms with Crippen molar-refractivity contribution in [2.75, 3.05) is 14.2 Å². The summed E-state index contributed by atoms with van der Waals surface area (Å²) in [4.78, 5) is 1.03. The number of halogens is 2. The van der Waals surface area contributed by atoms with Gasteiger partial charge in [0, 0.05) is 16.0 Å². The van der Waals surface area contributed by atoms with Crippen molar-refractivity contribution in [1.82, 2.24) is 0 Å². The molecule has 0 radical (unpaired) electrons. The maximum absolute atomic E-state index is 6.27. The first-order chi connectivity index (χ1) is 9.06. The fraction of sp³-hybridized carbons (Fsp3) is 0.231. The molecule has 1 unspecified atom stereocenters. The summed E-state index contributed by atoms with van der Waals surface area (Å²) in [5, 5.41) is 0.565. The van der Waals surface area contributed by atoms with Crippen LogP contribution in [0.15, 0.2) is 28.1 Å². The minimum Gasteiger partial charge on any atom is -0.493 e. The normalized spacial score (nSPS) is 12.3. The zero-order valence-corrected chi connectivity index (χ0v) is 13.6. The number of hydrogen-bond acceptors (Lipinski definition) is 4. The van der Waals surface area contributed by atoms with Gasteiger partial charge < -0.3 is 15.2 Å². The zero-order chi connectivity index (χ0) is 14.0. The highest BCUT2D eigenvalue weighted by molar-refractivity contribution is 9.11. The van der Waals surface area contributed by atoms with Crippen LogP contribution in [0.2, 0.25) is 5.02 Å². The molecule has 0 aliphatic heterocycles. The average Bonchev–Trinajstić information content (AvgIpc) is 2.84. The van der Waals surface area contributed by atoms with Crippen molar-refractivity contribution < 1.29 is 9.47 Å². The maximum atomic E-state index is 6.27. The lowest BCUT2D eigenvalue weighted by molar-refractivity contribution is 0.354. The van der Waals surface area contributed by atoms with Crippen LogP contribution in [0.4, 0.5) is 0 Å². The lowest BCUT2D eigenvalue weighted by Crippen LogP contribution is -2.11. The van der Waals surface area contributed by atoms with Crippen LogP contribution in [0.25, 0.3) is 0 Å². The molecule has 2 N–H and O–H groups in total. The molecule has 3 nitrogen and oxygen atoms in total. The molecule has 0 fully saturated rings. The molecule has 6 heteroatoms. The fourth-order valence-electron chi connectivity index (χ4n) is 1.76. The Morgan fingerprint density at radius 2 is 1.84 bits per heavy atom. The van der Waals surface area contributed by atoms with E-state index in [1.165, 1.54) is 0 Å². The van der Waals surface area contributed by atoms with E-state index in [1.54, 1.807) is 31.6 Å². The highest BCUT2D eigenvalue weighted by atomic mass is 79.9. The van der Waals surface area contributed by atoms with Crippen molar-refractivity contribution in [2.45, 2.75) is 6.04 Å². The van der Waals surface area contributed by atoms with Crippen LogP contribution in [-0.2, 0) is 0 Å². The summed E-state index contributed by atoms with van der Waals surface area (Å²) < 4.78 is 11.5. The second-order valence-electron chi connectivity index (χ2n) is 3.85.